The molecule has 1 aromatic heterocycles. The number of furan rings is 1. The Balaban J connectivity index is 2.03. The lowest BCUT2D eigenvalue weighted by Gasteiger charge is -2.18. The van der Waals surface area contributed by atoms with Gasteiger partial charge in [0.2, 0.25) is 11.6 Å². The van der Waals surface area contributed by atoms with Gasteiger partial charge in [0.15, 0.2) is 17.2 Å². The number of aryl methyl sites for hydroxylation is 1. The van der Waals surface area contributed by atoms with Crippen LogP contribution in [-0.2, 0) is 5.41 Å². The van der Waals surface area contributed by atoms with Gasteiger partial charge < -0.3 is 9.15 Å². The van der Waals surface area contributed by atoms with E-state index in [1.54, 1.807) is 24.3 Å². The molecule has 0 aliphatic rings. The van der Waals surface area contributed by atoms with Crippen molar-refractivity contribution in [3.05, 3.63) is 64.4 Å². The van der Waals surface area contributed by atoms with Crippen LogP contribution in [0.2, 0.25) is 0 Å². The highest BCUT2D eigenvalue weighted by atomic mass is 19.2. The Bertz CT molecular complexity index is 1040. The molecule has 2 aromatic carbocycles. The first-order valence-electron chi connectivity index (χ1n) is 8.10. The van der Waals surface area contributed by atoms with Crippen molar-refractivity contribution in [1.29, 1.82) is 0 Å². The average molecular weight is 380 g/mol. The highest BCUT2D eigenvalue weighted by Gasteiger charge is 2.30. The Kier molecular flexibility index (Phi) is 4.49. The number of fused-ring (bicyclic) bond motifs is 1. The highest BCUT2D eigenvalue weighted by molar-refractivity contribution is 6.05. The van der Waals surface area contributed by atoms with Gasteiger partial charge in [-0.2, -0.15) is 4.39 Å². The number of rotatable bonds is 2. The number of carbonyl (C=O) groups excluding carboxylic acids is 1. The number of hydrogen-bond donors (Lipinski definition) is 0. The summed E-state index contributed by atoms with van der Waals surface area (Å²) in [6.45, 7) is 7.29. The highest BCUT2D eigenvalue weighted by Crippen LogP contribution is 2.34. The molecule has 3 rings (SSSR count). The molecule has 0 spiro atoms. The summed E-state index contributed by atoms with van der Waals surface area (Å²) in [5, 5.41) is -0.791. The minimum Gasteiger partial charge on any atom is -0.457 e. The van der Waals surface area contributed by atoms with Crippen LogP contribution in [0.5, 0.6) is 5.75 Å². The van der Waals surface area contributed by atoms with Gasteiger partial charge in [-0.05, 0) is 30.0 Å². The summed E-state index contributed by atoms with van der Waals surface area (Å²) < 4.78 is 65.1. The minimum absolute atomic E-state index is 0.109. The van der Waals surface area contributed by atoms with Gasteiger partial charge in [-0.3, -0.25) is 0 Å². The average Bonchev–Trinajstić information content (AvgIpc) is 2.95. The third-order valence-corrected chi connectivity index (χ3v) is 4.22. The molecule has 0 bridgehead atoms. The van der Waals surface area contributed by atoms with E-state index in [0.29, 0.717) is 0 Å². The first-order valence-corrected chi connectivity index (χ1v) is 8.10. The summed E-state index contributed by atoms with van der Waals surface area (Å²) in [6, 6.07) is 6.62. The summed E-state index contributed by atoms with van der Waals surface area (Å²) in [7, 11) is 0. The lowest BCUT2D eigenvalue weighted by atomic mass is 9.87. The fourth-order valence-corrected chi connectivity index (χ4v) is 2.74. The largest absolute Gasteiger partial charge is 0.457 e. The predicted octanol–water partition coefficient (Wildman–Crippen LogP) is 5.81. The van der Waals surface area contributed by atoms with E-state index in [2.05, 4.69) is 0 Å². The molecule has 0 saturated carbocycles. The third kappa shape index (κ3) is 3.18. The molecule has 7 heteroatoms. The van der Waals surface area contributed by atoms with Crippen LogP contribution < -0.4 is 4.74 Å². The van der Waals surface area contributed by atoms with Gasteiger partial charge in [0.05, 0.1) is 5.39 Å². The quantitative estimate of drug-likeness (QED) is 0.185. The van der Waals surface area contributed by atoms with Gasteiger partial charge in [0.25, 0.3) is 0 Å². The van der Waals surface area contributed by atoms with Gasteiger partial charge in [0.1, 0.15) is 17.1 Å². The van der Waals surface area contributed by atoms with Crippen molar-refractivity contribution in [2.45, 2.75) is 33.1 Å². The lowest BCUT2D eigenvalue weighted by Crippen LogP contribution is -2.12. The van der Waals surface area contributed by atoms with Crippen LogP contribution in [0.4, 0.5) is 17.6 Å². The maximum absolute atomic E-state index is 14.1. The molecule has 0 radical (unpaired) electrons. The van der Waals surface area contributed by atoms with E-state index in [1.807, 2.05) is 20.8 Å². The Labute approximate surface area is 152 Å². The van der Waals surface area contributed by atoms with Gasteiger partial charge in [-0.1, -0.05) is 32.9 Å². The Morgan fingerprint density at radius 2 is 1.48 bits per heavy atom. The van der Waals surface area contributed by atoms with Crippen molar-refractivity contribution >= 4 is 16.9 Å². The van der Waals surface area contributed by atoms with E-state index in [0.717, 1.165) is 5.56 Å². The van der Waals surface area contributed by atoms with E-state index >= 15 is 0 Å². The van der Waals surface area contributed by atoms with Gasteiger partial charge in [0, 0.05) is 0 Å². The van der Waals surface area contributed by atoms with E-state index in [1.165, 1.54) is 6.92 Å². The monoisotopic (exact) mass is 380 g/mol. The molecule has 0 saturated heterocycles. The molecule has 3 nitrogen and oxygen atoms in total. The van der Waals surface area contributed by atoms with Crippen molar-refractivity contribution in [1.82, 2.24) is 0 Å². The SMILES string of the molecule is Cc1oc2c(F)c(F)c(F)c(F)c2c1C(=O)Oc1ccc(C(C)(C)C)cc1. The molecule has 0 unspecified atom stereocenters. The molecule has 3 aromatic rings. The molecule has 0 N–H and O–H groups in total. The van der Waals surface area contributed by atoms with Crippen molar-refractivity contribution in [3.8, 4) is 5.75 Å². The second-order valence-corrected chi connectivity index (χ2v) is 7.16. The smallest absolute Gasteiger partial charge is 0.347 e. The van der Waals surface area contributed by atoms with Crippen LogP contribution in [0.15, 0.2) is 28.7 Å². The molecular weight excluding hydrogens is 364 g/mol. The molecule has 27 heavy (non-hydrogen) atoms. The maximum atomic E-state index is 14.1. The zero-order chi connectivity index (χ0) is 20.1. The number of halogens is 4. The van der Waals surface area contributed by atoms with Crippen LogP contribution in [0, 0.1) is 30.2 Å². The van der Waals surface area contributed by atoms with Gasteiger partial charge >= 0.3 is 5.97 Å². The van der Waals surface area contributed by atoms with E-state index < -0.39 is 45.8 Å². The Hall–Kier alpha value is -2.83. The lowest BCUT2D eigenvalue weighted by molar-refractivity contribution is 0.0734. The van der Waals surface area contributed by atoms with Crippen molar-refractivity contribution in [3.63, 3.8) is 0 Å². The normalized spacial score (nSPS) is 11.9. The number of carbonyl (C=O) groups is 1. The summed E-state index contributed by atoms with van der Waals surface area (Å²) in [6.07, 6.45) is 0. The molecule has 0 atom stereocenters. The number of ether oxygens (including phenoxy) is 1. The van der Waals surface area contributed by atoms with E-state index in [4.69, 9.17) is 9.15 Å². The Morgan fingerprint density at radius 3 is 2.04 bits per heavy atom. The van der Waals surface area contributed by atoms with Crippen LogP contribution in [0.25, 0.3) is 11.0 Å². The zero-order valence-corrected chi connectivity index (χ0v) is 15.0. The molecule has 0 fully saturated rings. The first kappa shape index (κ1) is 18.9. The second-order valence-electron chi connectivity index (χ2n) is 7.16. The standard InChI is InChI=1S/C20H16F4O3/c1-9-12(13-14(21)15(22)16(23)17(24)18(13)26-9)19(25)27-11-7-5-10(6-8-11)20(2,3)4/h5-8H,1-4H3. The van der Waals surface area contributed by atoms with Crippen LogP contribution in [0.1, 0.15) is 42.5 Å². The molecular formula is C20H16F4O3. The van der Waals surface area contributed by atoms with Crippen molar-refractivity contribution < 1.29 is 31.5 Å². The van der Waals surface area contributed by atoms with E-state index in [9.17, 15) is 22.4 Å². The maximum Gasteiger partial charge on any atom is 0.347 e. The first-order chi connectivity index (χ1) is 12.5. The van der Waals surface area contributed by atoms with Crippen molar-refractivity contribution in [2.24, 2.45) is 0 Å². The second kappa shape index (κ2) is 6.40. The summed E-state index contributed by atoms with van der Waals surface area (Å²) in [5.41, 5.74) is -0.487. The fourth-order valence-electron chi connectivity index (χ4n) is 2.74. The van der Waals surface area contributed by atoms with Crippen LogP contribution in [-0.4, -0.2) is 5.97 Å². The summed E-state index contributed by atoms with van der Waals surface area (Å²) >= 11 is 0. The number of benzene rings is 2. The van der Waals surface area contributed by atoms with E-state index in [-0.39, 0.29) is 16.9 Å². The number of esters is 1. The fraction of sp³-hybridized carbons (Fsp3) is 0.250. The third-order valence-electron chi connectivity index (χ3n) is 4.22. The van der Waals surface area contributed by atoms with Gasteiger partial charge in [-0.25, -0.2) is 18.0 Å². The number of hydrogen-bond acceptors (Lipinski definition) is 3. The van der Waals surface area contributed by atoms with Crippen molar-refractivity contribution in [2.75, 3.05) is 0 Å². The zero-order valence-electron chi connectivity index (χ0n) is 15.0. The molecule has 1 heterocycles. The van der Waals surface area contributed by atoms with Crippen LogP contribution in [0.3, 0.4) is 0 Å². The molecule has 142 valence electrons. The van der Waals surface area contributed by atoms with Crippen LogP contribution >= 0.6 is 0 Å². The van der Waals surface area contributed by atoms with Gasteiger partial charge in [-0.15, -0.1) is 0 Å². The summed E-state index contributed by atoms with van der Waals surface area (Å²) in [4.78, 5) is 12.5. The molecule has 0 aliphatic carbocycles. The minimum atomic E-state index is -2.02. The predicted molar refractivity (Wildman–Crippen MR) is 90.9 cm³/mol. The topological polar surface area (TPSA) is 39.4 Å². The molecule has 0 amide bonds. The Morgan fingerprint density at radius 1 is 0.926 bits per heavy atom. The molecule has 0 aliphatic heterocycles. The summed E-state index contributed by atoms with van der Waals surface area (Å²) in [5.74, 6) is -8.58.